The van der Waals surface area contributed by atoms with Crippen LogP contribution in [-0.2, 0) is 4.79 Å². The molecule has 12 heavy (non-hydrogen) atoms. The van der Waals surface area contributed by atoms with Gasteiger partial charge in [0.25, 0.3) is 0 Å². The largest absolute Gasteiger partial charge is 0.479 e. The van der Waals surface area contributed by atoms with Gasteiger partial charge in [0.05, 0.1) is 0 Å². The molecule has 0 amide bonds. The topological polar surface area (TPSA) is 37.3 Å². The molecular formula is C8H6BrFO2. The molecule has 4 heteroatoms. The van der Waals surface area contributed by atoms with Crippen molar-refractivity contribution in [3.05, 3.63) is 34.3 Å². The molecule has 64 valence electrons. The second-order valence-electron chi connectivity index (χ2n) is 2.22. The van der Waals surface area contributed by atoms with E-state index >= 15 is 0 Å². The van der Waals surface area contributed by atoms with Crippen LogP contribution in [0.25, 0.3) is 0 Å². The number of hydrogen-bond donors (Lipinski definition) is 1. The number of aliphatic carboxylic acids is 1. The molecule has 2 nitrogen and oxygen atoms in total. The summed E-state index contributed by atoms with van der Waals surface area (Å²) in [5, 5.41) is 8.36. The lowest BCUT2D eigenvalue weighted by Crippen LogP contribution is -2.06. The summed E-state index contributed by atoms with van der Waals surface area (Å²) in [5.74, 6) is -1.47. The molecule has 0 radical (unpaired) electrons. The maximum absolute atomic E-state index is 12.9. The Labute approximate surface area is 77.2 Å². The number of carbonyl (C=O) groups is 1. The van der Waals surface area contributed by atoms with Gasteiger partial charge in [-0.2, -0.15) is 0 Å². The molecule has 0 fully saturated rings. The highest BCUT2D eigenvalue weighted by Crippen LogP contribution is 2.25. The molecule has 0 aromatic heterocycles. The van der Waals surface area contributed by atoms with Gasteiger partial charge in [0, 0.05) is 10.0 Å². The molecule has 1 aromatic rings. The molecule has 0 aliphatic heterocycles. The molecule has 0 aliphatic rings. The quantitative estimate of drug-likeness (QED) is 0.852. The van der Waals surface area contributed by atoms with Gasteiger partial charge >= 0.3 is 5.97 Å². The van der Waals surface area contributed by atoms with E-state index in [4.69, 9.17) is 5.11 Å². The second-order valence-corrected chi connectivity index (χ2v) is 3.08. The molecule has 1 N–H and O–H groups in total. The van der Waals surface area contributed by atoms with Crippen LogP contribution >= 0.6 is 15.9 Å². The Hall–Kier alpha value is -0.900. The molecule has 1 rings (SSSR count). The molecule has 0 spiro atoms. The third-order valence-electron chi connectivity index (χ3n) is 1.40. The van der Waals surface area contributed by atoms with Crippen molar-refractivity contribution in [2.75, 3.05) is 0 Å². The van der Waals surface area contributed by atoms with Crippen LogP contribution < -0.4 is 0 Å². The van der Waals surface area contributed by atoms with Crippen LogP contribution in [0.1, 0.15) is 11.7 Å². The van der Waals surface area contributed by atoms with Crippen molar-refractivity contribution >= 4 is 21.9 Å². The van der Waals surface area contributed by atoms with E-state index in [2.05, 4.69) is 15.9 Å². The molecule has 0 bridgehead atoms. The van der Waals surface area contributed by atoms with Crippen LogP contribution in [0, 0.1) is 0 Å². The first-order valence-electron chi connectivity index (χ1n) is 3.24. The molecule has 0 saturated carbocycles. The van der Waals surface area contributed by atoms with Crippen LogP contribution in [0.4, 0.5) is 4.39 Å². The Kier molecular flexibility index (Phi) is 2.81. The first-order valence-corrected chi connectivity index (χ1v) is 4.03. The van der Waals surface area contributed by atoms with E-state index in [0.29, 0.717) is 4.47 Å². The molecule has 0 saturated heterocycles. The molecular weight excluding hydrogens is 227 g/mol. The summed E-state index contributed by atoms with van der Waals surface area (Å²) in [6.07, 6.45) is -1.96. The molecule has 1 atom stereocenters. The molecule has 0 aliphatic carbocycles. The minimum absolute atomic E-state index is 0.144. The number of halogens is 2. The van der Waals surface area contributed by atoms with E-state index < -0.39 is 12.1 Å². The van der Waals surface area contributed by atoms with Crippen molar-refractivity contribution < 1.29 is 14.3 Å². The standard InChI is InChI=1S/C8H6BrFO2/c9-6-4-2-1-3-5(6)7(10)8(11)12/h1-4,7H,(H,11,12). The Balaban J connectivity index is 3.02. The van der Waals surface area contributed by atoms with Gasteiger partial charge in [-0.05, 0) is 6.07 Å². The number of alkyl halides is 1. The maximum Gasteiger partial charge on any atom is 0.343 e. The molecule has 1 aromatic carbocycles. The monoisotopic (exact) mass is 232 g/mol. The van der Waals surface area contributed by atoms with Crippen molar-refractivity contribution in [1.82, 2.24) is 0 Å². The average Bonchev–Trinajstić information content (AvgIpc) is 2.04. The highest BCUT2D eigenvalue weighted by atomic mass is 79.9. The van der Waals surface area contributed by atoms with Crippen molar-refractivity contribution in [3.8, 4) is 0 Å². The van der Waals surface area contributed by atoms with Crippen molar-refractivity contribution in [2.45, 2.75) is 6.17 Å². The smallest absolute Gasteiger partial charge is 0.343 e. The van der Waals surface area contributed by atoms with Gasteiger partial charge in [0.2, 0.25) is 6.17 Å². The van der Waals surface area contributed by atoms with Crippen LogP contribution in [0.3, 0.4) is 0 Å². The second kappa shape index (κ2) is 3.67. The predicted octanol–water partition coefficient (Wildman–Crippen LogP) is 2.54. The highest BCUT2D eigenvalue weighted by Gasteiger charge is 2.19. The Morgan fingerprint density at radius 3 is 2.58 bits per heavy atom. The van der Waals surface area contributed by atoms with E-state index in [1.54, 1.807) is 18.2 Å². The fraction of sp³-hybridized carbons (Fsp3) is 0.125. The summed E-state index contributed by atoms with van der Waals surface area (Å²) in [6.45, 7) is 0. The SMILES string of the molecule is O=C(O)C(F)c1ccccc1Br. The lowest BCUT2D eigenvalue weighted by Gasteiger charge is -2.04. The summed E-state index contributed by atoms with van der Waals surface area (Å²) in [4.78, 5) is 10.3. The number of benzene rings is 1. The third-order valence-corrected chi connectivity index (χ3v) is 2.12. The van der Waals surface area contributed by atoms with E-state index in [1.165, 1.54) is 6.07 Å². The summed E-state index contributed by atoms with van der Waals surface area (Å²) < 4.78 is 13.4. The van der Waals surface area contributed by atoms with Crippen LogP contribution in [0.15, 0.2) is 28.7 Å². The van der Waals surface area contributed by atoms with E-state index in [1.807, 2.05) is 0 Å². The zero-order valence-corrected chi connectivity index (χ0v) is 7.58. The number of hydrogen-bond acceptors (Lipinski definition) is 1. The summed E-state index contributed by atoms with van der Waals surface area (Å²) in [5.41, 5.74) is 0.144. The van der Waals surface area contributed by atoms with Gasteiger partial charge in [0.1, 0.15) is 0 Å². The van der Waals surface area contributed by atoms with Crippen molar-refractivity contribution in [3.63, 3.8) is 0 Å². The van der Waals surface area contributed by atoms with Gasteiger partial charge in [-0.15, -0.1) is 0 Å². The first kappa shape index (κ1) is 9.19. The van der Waals surface area contributed by atoms with Gasteiger partial charge in [-0.1, -0.05) is 34.1 Å². The third kappa shape index (κ3) is 1.82. The summed E-state index contributed by atoms with van der Waals surface area (Å²) in [6, 6.07) is 6.32. The molecule has 1 unspecified atom stereocenters. The minimum Gasteiger partial charge on any atom is -0.479 e. The summed E-state index contributed by atoms with van der Waals surface area (Å²) >= 11 is 3.06. The van der Waals surface area contributed by atoms with E-state index in [0.717, 1.165) is 0 Å². The number of rotatable bonds is 2. The van der Waals surface area contributed by atoms with Gasteiger partial charge < -0.3 is 5.11 Å². The zero-order chi connectivity index (χ0) is 9.14. The van der Waals surface area contributed by atoms with Crippen LogP contribution in [0.5, 0.6) is 0 Å². The number of carboxylic acid groups (broad SMARTS) is 1. The fourth-order valence-electron chi connectivity index (χ4n) is 0.814. The fourth-order valence-corrected chi connectivity index (χ4v) is 1.30. The first-order chi connectivity index (χ1) is 5.63. The van der Waals surface area contributed by atoms with E-state index in [9.17, 15) is 9.18 Å². The van der Waals surface area contributed by atoms with Gasteiger partial charge in [-0.3, -0.25) is 0 Å². The van der Waals surface area contributed by atoms with Crippen LogP contribution in [-0.4, -0.2) is 11.1 Å². The minimum atomic E-state index is -1.96. The lowest BCUT2D eigenvalue weighted by atomic mass is 10.1. The summed E-state index contributed by atoms with van der Waals surface area (Å²) in [7, 11) is 0. The predicted molar refractivity (Wildman–Crippen MR) is 45.6 cm³/mol. The highest BCUT2D eigenvalue weighted by molar-refractivity contribution is 9.10. The van der Waals surface area contributed by atoms with E-state index in [-0.39, 0.29) is 5.56 Å². The normalized spacial score (nSPS) is 12.5. The molecule has 0 heterocycles. The van der Waals surface area contributed by atoms with Crippen molar-refractivity contribution in [2.24, 2.45) is 0 Å². The Bertz CT molecular complexity index is 301. The Morgan fingerprint density at radius 2 is 2.08 bits per heavy atom. The Morgan fingerprint density at radius 1 is 1.50 bits per heavy atom. The van der Waals surface area contributed by atoms with Gasteiger partial charge in [-0.25, -0.2) is 9.18 Å². The van der Waals surface area contributed by atoms with Crippen molar-refractivity contribution in [1.29, 1.82) is 0 Å². The number of carboxylic acids is 1. The van der Waals surface area contributed by atoms with Gasteiger partial charge in [0.15, 0.2) is 0 Å². The van der Waals surface area contributed by atoms with Crippen LogP contribution in [0.2, 0.25) is 0 Å². The maximum atomic E-state index is 12.9. The average molecular weight is 233 g/mol. The lowest BCUT2D eigenvalue weighted by molar-refractivity contribution is -0.143. The zero-order valence-electron chi connectivity index (χ0n) is 6.00.